The van der Waals surface area contributed by atoms with Crippen molar-refractivity contribution in [3.63, 3.8) is 0 Å². The van der Waals surface area contributed by atoms with Crippen molar-refractivity contribution in [1.82, 2.24) is 19.9 Å². The highest BCUT2D eigenvalue weighted by Crippen LogP contribution is 2.30. The van der Waals surface area contributed by atoms with Crippen molar-refractivity contribution in [2.75, 3.05) is 6.61 Å². The summed E-state index contributed by atoms with van der Waals surface area (Å²) in [6, 6.07) is 46.9. The molecular weight excluding hydrogens is 757 g/mol. The zero-order valence-electron chi connectivity index (χ0n) is 34.3. The quantitative estimate of drug-likeness (QED) is 0.0589. The lowest BCUT2D eigenvalue weighted by Gasteiger charge is -2.11. The minimum absolute atomic E-state index is 0.187. The Labute approximate surface area is 354 Å². The standard InChI is InChI=1S/C53H50N4O4/c1-2-3-4-5-6-7-8-33-61-41-23-15-37(16-24-41)53-48-31-29-46(56-48)51(35-11-19-39(59)20-12-35)44-27-25-42(54-44)50(34-9-17-38(58)18-10-34)43-26-28-45(55-43)52(47-30-32-49(53)57-47)36-13-21-40(60)22-14-36/h9-32,54-60H,2-8,33H2,1H3. The van der Waals surface area contributed by atoms with Gasteiger partial charge in [-0.2, -0.15) is 0 Å². The Bertz CT molecular complexity index is 3020. The van der Waals surface area contributed by atoms with Crippen molar-refractivity contribution in [3.8, 4) is 23.0 Å². The number of unbranched alkanes of at least 4 members (excludes halogenated alkanes) is 6. The average molecular weight is 807 g/mol. The molecule has 8 nitrogen and oxygen atoms in total. The Morgan fingerprint density at radius 3 is 1.00 bits per heavy atom. The molecule has 0 amide bonds. The molecule has 0 aliphatic carbocycles. The average Bonchev–Trinajstić information content (AvgIpc) is 4.13. The molecule has 8 bridgehead atoms. The SMILES string of the molecule is CCCCCCCCCOc1ccc(C2=c3ccc([nH]3)=C(c3ccc(O)cc3)c3ccc([nH]3)C(c3ccc(O)cc3)=c3ccc([nH]3)=C(c3ccc(O)cc3)c3ccc2[nH]3)cc1. The summed E-state index contributed by atoms with van der Waals surface area (Å²) < 4.78 is 6.22. The first-order valence-corrected chi connectivity index (χ1v) is 21.3. The molecule has 7 N–H and O–H groups in total. The van der Waals surface area contributed by atoms with Crippen LogP contribution >= 0.6 is 0 Å². The molecule has 61 heavy (non-hydrogen) atoms. The van der Waals surface area contributed by atoms with Gasteiger partial charge in [-0.05, 0) is 126 Å². The van der Waals surface area contributed by atoms with E-state index in [2.05, 4.69) is 99.7 Å². The van der Waals surface area contributed by atoms with Crippen molar-refractivity contribution >= 4 is 22.3 Å². The fourth-order valence-electron chi connectivity index (χ4n) is 8.42. The minimum atomic E-state index is 0.187. The number of ether oxygens (including phenoxy) is 1. The number of H-pyrrole nitrogens is 4. The molecule has 0 spiro atoms. The highest BCUT2D eigenvalue weighted by Gasteiger charge is 2.19. The van der Waals surface area contributed by atoms with Gasteiger partial charge in [-0.15, -0.1) is 0 Å². The van der Waals surface area contributed by atoms with E-state index in [1.807, 2.05) is 36.4 Å². The number of hydrogen-bond donors (Lipinski definition) is 7. The number of aromatic amines is 4. The van der Waals surface area contributed by atoms with Crippen molar-refractivity contribution in [2.24, 2.45) is 0 Å². The Kier molecular flexibility index (Phi) is 11.2. The topological polar surface area (TPSA) is 133 Å². The zero-order valence-corrected chi connectivity index (χ0v) is 34.3. The van der Waals surface area contributed by atoms with Crippen LogP contribution in [0.4, 0.5) is 0 Å². The molecule has 8 heteroatoms. The minimum Gasteiger partial charge on any atom is -0.508 e. The molecule has 1 aliphatic rings. The van der Waals surface area contributed by atoms with Crippen LogP contribution in [0.25, 0.3) is 22.3 Å². The van der Waals surface area contributed by atoms with E-state index in [1.54, 1.807) is 36.4 Å². The maximum atomic E-state index is 10.3. The van der Waals surface area contributed by atoms with Gasteiger partial charge < -0.3 is 40.0 Å². The maximum Gasteiger partial charge on any atom is 0.119 e. The van der Waals surface area contributed by atoms with Crippen molar-refractivity contribution in [1.29, 1.82) is 0 Å². The summed E-state index contributed by atoms with van der Waals surface area (Å²) in [5.41, 5.74) is 11.1. The molecule has 0 atom stereocenters. The third kappa shape index (κ3) is 8.43. The second-order valence-corrected chi connectivity index (χ2v) is 15.8. The summed E-state index contributed by atoms with van der Waals surface area (Å²) in [4.78, 5) is 15.1. The van der Waals surface area contributed by atoms with Gasteiger partial charge in [-0.3, -0.25) is 0 Å². The normalized spacial score (nSPS) is 12.6. The second-order valence-electron chi connectivity index (χ2n) is 15.8. The maximum absolute atomic E-state index is 10.3. The molecule has 0 radical (unpaired) electrons. The molecule has 4 aromatic carbocycles. The number of benzene rings is 4. The van der Waals surface area contributed by atoms with Crippen LogP contribution in [-0.2, 0) is 0 Å². The van der Waals surface area contributed by atoms with Gasteiger partial charge in [0, 0.05) is 66.5 Å². The lowest BCUT2D eigenvalue weighted by Crippen LogP contribution is -2.19. The molecule has 5 heterocycles. The van der Waals surface area contributed by atoms with E-state index >= 15 is 0 Å². The third-order valence-electron chi connectivity index (χ3n) is 11.5. The van der Waals surface area contributed by atoms with Crippen LogP contribution in [0, 0.1) is 0 Å². The molecule has 4 aromatic heterocycles. The summed E-state index contributed by atoms with van der Waals surface area (Å²) >= 11 is 0. The molecule has 0 saturated carbocycles. The van der Waals surface area contributed by atoms with Crippen molar-refractivity contribution < 1.29 is 20.1 Å². The van der Waals surface area contributed by atoms with E-state index in [0.29, 0.717) is 6.61 Å². The summed E-state index contributed by atoms with van der Waals surface area (Å²) in [5, 5.41) is 34.4. The number of aromatic hydroxyl groups is 3. The lowest BCUT2D eigenvalue weighted by molar-refractivity contribution is 0.304. The smallest absolute Gasteiger partial charge is 0.119 e. The molecule has 0 saturated heterocycles. The predicted molar refractivity (Wildman–Crippen MR) is 242 cm³/mol. The molecular formula is C53H50N4O4. The number of aromatic nitrogens is 4. The first-order valence-electron chi connectivity index (χ1n) is 21.3. The van der Waals surface area contributed by atoms with Gasteiger partial charge in [0.1, 0.15) is 23.0 Å². The fraction of sp³-hybridized carbons (Fsp3) is 0.170. The van der Waals surface area contributed by atoms with Crippen LogP contribution < -0.4 is 26.1 Å². The number of fused-ring (bicyclic) bond motifs is 8. The van der Waals surface area contributed by atoms with Crippen LogP contribution in [0.15, 0.2) is 146 Å². The van der Waals surface area contributed by atoms with E-state index in [1.165, 1.54) is 38.5 Å². The van der Waals surface area contributed by atoms with E-state index in [-0.39, 0.29) is 17.2 Å². The lowest BCUT2D eigenvalue weighted by atomic mass is 10.0. The van der Waals surface area contributed by atoms with Gasteiger partial charge in [0.2, 0.25) is 0 Å². The summed E-state index contributed by atoms with van der Waals surface area (Å²) in [6.07, 6.45) is 8.67. The van der Waals surface area contributed by atoms with Gasteiger partial charge in [0.25, 0.3) is 0 Å². The monoisotopic (exact) mass is 806 g/mol. The number of phenols is 3. The van der Waals surface area contributed by atoms with Crippen LogP contribution in [0.5, 0.6) is 23.0 Å². The third-order valence-corrected chi connectivity index (χ3v) is 11.5. The molecule has 8 aromatic rings. The van der Waals surface area contributed by atoms with Crippen LogP contribution in [0.1, 0.15) is 96.9 Å². The first-order chi connectivity index (χ1) is 29.9. The van der Waals surface area contributed by atoms with E-state index in [4.69, 9.17) is 4.74 Å². The van der Waals surface area contributed by atoms with E-state index in [0.717, 1.165) is 101 Å². The van der Waals surface area contributed by atoms with E-state index < -0.39 is 0 Å². The zero-order chi connectivity index (χ0) is 41.7. The molecule has 1 aliphatic heterocycles. The molecule has 0 fully saturated rings. The summed E-state index contributed by atoms with van der Waals surface area (Å²) in [5.74, 6) is 1.42. The van der Waals surface area contributed by atoms with Gasteiger partial charge in [0.05, 0.1) is 6.61 Å². The van der Waals surface area contributed by atoms with Crippen LogP contribution in [0.2, 0.25) is 0 Å². The number of nitrogens with one attached hydrogen (secondary N) is 4. The Balaban J connectivity index is 1.24. The molecule has 9 rings (SSSR count). The summed E-state index contributed by atoms with van der Waals surface area (Å²) in [7, 11) is 0. The number of phenolic OH excluding ortho intramolecular Hbond substituents is 3. The van der Waals surface area contributed by atoms with Crippen LogP contribution in [0.3, 0.4) is 0 Å². The van der Waals surface area contributed by atoms with E-state index in [9.17, 15) is 15.3 Å². The molecule has 306 valence electrons. The van der Waals surface area contributed by atoms with Crippen molar-refractivity contribution in [2.45, 2.75) is 51.9 Å². The predicted octanol–water partition coefficient (Wildman–Crippen LogP) is 8.55. The first kappa shape index (κ1) is 39.2. The van der Waals surface area contributed by atoms with Gasteiger partial charge >= 0.3 is 0 Å². The largest absolute Gasteiger partial charge is 0.508 e. The summed E-state index contributed by atoms with van der Waals surface area (Å²) in [6.45, 7) is 2.95. The van der Waals surface area contributed by atoms with Gasteiger partial charge in [-0.25, -0.2) is 0 Å². The number of rotatable bonds is 13. The highest BCUT2D eigenvalue weighted by molar-refractivity contribution is 5.85. The van der Waals surface area contributed by atoms with Crippen LogP contribution in [-0.4, -0.2) is 41.9 Å². The fourth-order valence-corrected chi connectivity index (χ4v) is 8.42. The Morgan fingerprint density at radius 2 is 0.656 bits per heavy atom. The Hall–Kier alpha value is -7.32. The van der Waals surface area contributed by atoms with Gasteiger partial charge in [-0.1, -0.05) is 94.0 Å². The molecule has 0 unspecified atom stereocenters. The van der Waals surface area contributed by atoms with Gasteiger partial charge in [0.15, 0.2) is 0 Å². The van der Waals surface area contributed by atoms with Crippen molar-refractivity contribution in [3.05, 3.63) is 212 Å². The number of hydrogen-bond acceptors (Lipinski definition) is 4. The second kappa shape index (κ2) is 17.5. The highest BCUT2D eigenvalue weighted by atomic mass is 16.5. The Morgan fingerprint density at radius 1 is 0.344 bits per heavy atom.